The fourth-order valence-electron chi connectivity index (χ4n) is 5.19. The van der Waals surface area contributed by atoms with E-state index in [1.54, 1.807) is 53.8 Å². The lowest BCUT2D eigenvalue weighted by Gasteiger charge is -2.34. The number of carbonyl (C=O) groups is 2. The lowest BCUT2D eigenvalue weighted by atomic mass is 9.81. The van der Waals surface area contributed by atoms with Gasteiger partial charge in [0.25, 0.3) is 0 Å². The summed E-state index contributed by atoms with van der Waals surface area (Å²) in [5.74, 6) is -2.01. The van der Waals surface area contributed by atoms with Crippen LogP contribution in [0.15, 0.2) is 36.5 Å². The summed E-state index contributed by atoms with van der Waals surface area (Å²) in [7, 11) is 2.88. The number of ether oxygens (including phenoxy) is 1. The number of hydrogen-bond acceptors (Lipinski definition) is 6. The van der Waals surface area contributed by atoms with Crippen LogP contribution in [0.5, 0.6) is 0 Å². The molecule has 0 aliphatic carbocycles. The molecule has 0 spiro atoms. The molecule has 3 aromatic rings. The Morgan fingerprint density at radius 3 is 2.57 bits per heavy atom. The van der Waals surface area contributed by atoms with Crippen molar-refractivity contribution in [3.63, 3.8) is 0 Å². The average molecular weight is 632 g/mol. The van der Waals surface area contributed by atoms with Crippen LogP contribution in [-0.2, 0) is 29.3 Å². The van der Waals surface area contributed by atoms with Gasteiger partial charge in [0, 0.05) is 54.8 Å². The molecule has 1 aliphatic heterocycles. The van der Waals surface area contributed by atoms with Crippen molar-refractivity contribution in [1.82, 2.24) is 19.6 Å². The van der Waals surface area contributed by atoms with Crippen LogP contribution in [0, 0.1) is 24.1 Å². The van der Waals surface area contributed by atoms with E-state index in [0.717, 1.165) is 16.9 Å². The molecule has 2 amide bonds. The minimum Gasteiger partial charge on any atom is -0.444 e. The van der Waals surface area contributed by atoms with E-state index >= 15 is 4.39 Å². The molecule has 0 saturated carbocycles. The highest BCUT2D eigenvalue weighted by Crippen LogP contribution is 2.46. The zero-order valence-corrected chi connectivity index (χ0v) is 26.2. The first-order valence-electron chi connectivity index (χ1n) is 13.8. The Balaban J connectivity index is 1.75. The Hall–Kier alpha value is -4.18. The second-order valence-corrected chi connectivity index (χ2v) is 12.8. The molecule has 2 aromatic heterocycles. The predicted molar refractivity (Wildman–Crippen MR) is 157 cm³/mol. The third kappa shape index (κ3) is 6.65. The third-order valence-electron chi connectivity index (χ3n) is 7.37. The molecule has 0 radical (unpaired) electrons. The van der Waals surface area contributed by atoms with Gasteiger partial charge in [-0.25, -0.2) is 9.18 Å². The maximum atomic E-state index is 15.5. The number of alkyl halides is 3. The van der Waals surface area contributed by atoms with Gasteiger partial charge >= 0.3 is 12.3 Å². The van der Waals surface area contributed by atoms with E-state index in [-0.39, 0.29) is 24.2 Å². The second-order valence-electron chi connectivity index (χ2n) is 11.7. The Kier molecular flexibility index (Phi) is 8.98. The van der Waals surface area contributed by atoms with Crippen molar-refractivity contribution in [3.8, 4) is 17.2 Å². The number of aryl methyl sites for hydroxylation is 1. The number of benzene rings is 1. The van der Waals surface area contributed by atoms with Gasteiger partial charge in [0.05, 0.1) is 12.6 Å². The maximum Gasteiger partial charge on any atom is 0.435 e. The third-order valence-corrected chi connectivity index (χ3v) is 8.56. The summed E-state index contributed by atoms with van der Waals surface area (Å²) in [5.41, 5.74) is -1.00. The number of thiophene rings is 1. The highest BCUT2D eigenvalue weighted by molar-refractivity contribution is 7.12. The first-order valence-corrected chi connectivity index (χ1v) is 14.6. The maximum absolute atomic E-state index is 15.5. The van der Waals surface area contributed by atoms with Crippen molar-refractivity contribution < 1.29 is 31.9 Å². The van der Waals surface area contributed by atoms with E-state index in [2.05, 4.69) is 11.2 Å². The summed E-state index contributed by atoms with van der Waals surface area (Å²) in [6, 6.07) is 5.70. The van der Waals surface area contributed by atoms with Crippen molar-refractivity contribution in [2.24, 2.45) is 7.05 Å². The van der Waals surface area contributed by atoms with Gasteiger partial charge in [0.15, 0.2) is 5.69 Å². The molecular formula is C31H33F4N5O3S. The fraction of sp³-hybridized carbons (Fsp3) is 0.419. The standard InChI is InChI=1S/C31H33F4N5O3S/c1-17(39(7)29(42)43-30(3,4)5)11-12-25(41)40-15-20(26-18(2)23(13-36)44-24(26)16-40)19-9-8-10-22(32)27(19)21-14-38(6)37-28(21)31(33,34)35/h8-12,14,17,20H,15-16H2,1-7H3/b12-11+/t17-,20-/m0/s1. The van der Waals surface area contributed by atoms with Crippen LogP contribution in [0.2, 0.25) is 0 Å². The molecule has 0 N–H and O–H groups in total. The number of hydrogen-bond donors (Lipinski definition) is 0. The molecule has 234 valence electrons. The number of nitriles is 1. The Morgan fingerprint density at radius 1 is 1.27 bits per heavy atom. The van der Waals surface area contributed by atoms with Crippen molar-refractivity contribution in [2.75, 3.05) is 13.6 Å². The lowest BCUT2D eigenvalue weighted by molar-refractivity contribution is -0.141. The molecule has 8 nitrogen and oxygen atoms in total. The molecular weight excluding hydrogens is 598 g/mol. The number of likely N-dealkylation sites (N-methyl/N-ethyl adjacent to an activating group) is 1. The van der Waals surface area contributed by atoms with E-state index in [4.69, 9.17) is 4.74 Å². The van der Waals surface area contributed by atoms with Crippen LogP contribution >= 0.6 is 11.3 Å². The molecule has 44 heavy (non-hydrogen) atoms. The Labute approximate surface area is 257 Å². The Bertz CT molecular complexity index is 1660. The second kappa shape index (κ2) is 12.1. The van der Waals surface area contributed by atoms with Crippen molar-refractivity contribution >= 4 is 23.3 Å². The minimum absolute atomic E-state index is 0.0208. The highest BCUT2D eigenvalue weighted by atomic mass is 32.1. The lowest BCUT2D eigenvalue weighted by Crippen LogP contribution is -2.39. The summed E-state index contributed by atoms with van der Waals surface area (Å²) in [5, 5.41) is 13.3. The van der Waals surface area contributed by atoms with Gasteiger partial charge in [-0.1, -0.05) is 18.2 Å². The molecule has 0 saturated heterocycles. The van der Waals surface area contributed by atoms with Gasteiger partial charge in [-0.2, -0.15) is 23.5 Å². The van der Waals surface area contributed by atoms with Crippen LogP contribution in [0.25, 0.3) is 11.1 Å². The van der Waals surface area contributed by atoms with E-state index in [1.165, 1.54) is 40.3 Å². The quantitative estimate of drug-likeness (QED) is 0.229. The smallest absolute Gasteiger partial charge is 0.435 e. The number of amides is 2. The molecule has 0 unspecified atom stereocenters. The van der Waals surface area contributed by atoms with Gasteiger partial charge in [-0.3, -0.25) is 9.48 Å². The van der Waals surface area contributed by atoms with E-state index in [9.17, 15) is 28.0 Å². The summed E-state index contributed by atoms with van der Waals surface area (Å²) >= 11 is 1.20. The summed E-state index contributed by atoms with van der Waals surface area (Å²) < 4.78 is 63.9. The van der Waals surface area contributed by atoms with Crippen molar-refractivity contribution in [1.29, 1.82) is 5.26 Å². The monoisotopic (exact) mass is 631 g/mol. The number of rotatable bonds is 5. The zero-order chi connectivity index (χ0) is 32.7. The first kappa shape index (κ1) is 32.7. The number of aromatic nitrogens is 2. The number of carbonyl (C=O) groups excluding carboxylic acids is 2. The van der Waals surface area contributed by atoms with Gasteiger partial charge in [0.1, 0.15) is 22.4 Å². The van der Waals surface area contributed by atoms with Crippen LogP contribution in [0.3, 0.4) is 0 Å². The molecule has 0 bridgehead atoms. The SMILES string of the molecule is Cc1c(C#N)sc2c1[C@H](c1cccc(F)c1-c1cn(C)nc1C(F)(F)F)CN(C(=O)/C=C/[C@H](C)N(C)C(=O)OC(C)(C)C)C2. The van der Waals surface area contributed by atoms with Crippen LogP contribution in [-0.4, -0.2) is 56.8 Å². The largest absolute Gasteiger partial charge is 0.444 e. The van der Waals surface area contributed by atoms with Crippen molar-refractivity contribution in [3.05, 3.63) is 74.5 Å². The van der Waals surface area contributed by atoms with Crippen LogP contribution in [0.1, 0.15) is 65.8 Å². The average Bonchev–Trinajstić information content (AvgIpc) is 3.48. The summed E-state index contributed by atoms with van der Waals surface area (Å²) in [6.07, 6.45) is -1.39. The zero-order valence-electron chi connectivity index (χ0n) is 25.4. The van der Waals surface area contributed by atoms with Crippen LogP contribution in [0.4, 0.5) is 22.4 Å². The fourth-order valence-corrected chi connectivity index (χ4v) is 6.37. The number of fused-ring (bicyclic) bond motifs is 1. The first-order chi connectivity index (χ1) is 20.4. The normalized spacial score (nSPS) is 16.0. The van der Waals surface area contributed by atoms with Gasteiger partial charge < -0.3 is 14.5 Å². The van der Waals surface area contributed by atoms with Crippen LogP contribution < -0.4 is 0 Å². The Morgan fingerprint density at radius 2 is 1.95 bits per heavy atom. The van der Waals surface area contributed by atoms with Gasteiger partial charge in [0.2, 0.25) is 5.91 Å². The number of nitrogens with zero attached hydrogens (tertiary/aromatic N) is 5. The summed E-state index contributed by atoms with van der Waals surface area (Å²) in [6.45, 7) is 8.88. The van der Waals surface area contributed by atoms with E-state index < -0.39 is 52.8 Å². The molecule has 1 aromatic carbocycles. The molecule has 3 heterocycles. The molecule has 2 atom stereocenters. The van der Waals surface area contributed by atoms with Gasteiger partial charge in [-0.05, 0) is 57.4 Å². The molecule has 0 fully saturated rings. The topological polar surface area (TPSA) is 91.5 Å². The molecule has 1 aliphatic rings. The molecule has 13 heteroatoms. The molecule has 4 rings (SSSR count). The van der Waals surface area contributed by atoms with E-state index in [1.807, 2.05) is 0 Å². The highest BCUT2D eigenvalue weighted by Gasteiger charge is 2.40. The number of halogens is 4. The minimum atomic E-state index is -4.84. The van der Waals surface area contributed by atoms with E-state index in [0.29, 0.717) is 20.9 Å². The van der Waals surface area contributed by atoms with Gasteiger partial charge in [-0.15, -0.1) is 11.3 Å². The predicted octanol–water partition coefficient (Wildman–Crippen LogP) is 6.77. The van der Waals surface area contributed by atoms with Crippen molar-refractivity contribution in [2.45, 2.75) is 64.9 Å². The summed E-state index contributed by atoms with van der Waals surface area (Å²) in [4.78, 5) is 29.9.